The summed E-state index contributed by atoms with van der Waals surface area (Å²) in [6.45, 7) is 12.5. The van der Waals surface area contributed by atoms with Gasteiger partial charge in [-0.3, -0.25) is 0 Å². The minimum Gasteiger partial charge on any atom is -0.351 e. The smallest absolute Gasteiger partial charge is 0.233 e. The molecule has 176 valence electrons. The molecule has 1 unspecified atom stereocenters. The minimum absolute atomic E-state index is 0.326. The predicted molar refractivity (Wildman–Crippen MR) is 147 cm³/mol. The molecule has 1 saturated heterocycles. The lowest BCUT2D eigenvalue weighted by molar-refractivity contribution is 0.334. The highest BCUT2D eigenvalue weighted by Gasteiger charge is 2.34. The van der Waals surface area contributed by atoms with Crippen LogP contribution in [0, 0.1) is 12.3 Å². The van der Waals surface area contributed by atoms with Gasteiger partial charge >= 0.3 is 0 Å². The average Bonchev–Trinajstić information content (AvgIpc) is 3.44. The molecule has 1 aromatic carbocycles. The molecule has 4 rings (SSSR count). The van der Waals surface area contributed by atoms with E-state index in [0.29, 0.717) is 23.4 Å². The molecule has 1 aromatic heterocycles. The van der Waals surface area contributed by atoms with Gasteiger partial charge in [-0.05, 0) is 77.8 Å². The third-order valence-electron chi connectivity index (χ3n) is 6.90. The number of hydrogen-bond donors (Lipinski definition) is 2. The molecule has 2 heterocycles. The molecule has 2 fully saturated rings. The van der Waals surface area contributed by atoms with Crippen molar-refractivity contribution in [2.24, 2.45) is 5.41 Å². The van der Waals surface area contributed by atoms with Crippen LogP contribution < -0.4 is 15.5 Å². The maximum absolute atomic E-state index is 4.86. The van der Waals surface area contributed by atoms with Crippen molar-refractivity contribution in [1.29, 1.82) is 0 Å². The maximum Gasteiger partial charge on any atom is 0.233 e. The van der Waals surface area contributed by atoms with Crippen molar-refractivity contribution in [2.45, 2.75) is 71.8 Å². The van der Waals surface area contributed by atoms with E-state index < -0.39 is 0 Å². The molecule has 0 spiro atoms. The topological polar surface area (TPSA) is 66.0 Å². The zero-order chi connectivity index (χ0) is 23.4. The third kappa shape index (κ3) is 5.87. The Hall–Kier alpha value is -2.12. The molecule has 33 heavy (non-hydrogen) atoms. The molecule has 1 saturated carbocycles. The number of aromatic nitrogens is 3. The molecule has 2 N–H and O–H groups in total. The van der Waals surface area contributed by atoms with Crippen molar-refractivity contribution >= 4 is 49.7 Å². The Morgan fingerprint density at radius 1 is 1.24 bits per heavy atom. The van der Waals surface area contributed by atoms with Crippen LogP contribution in [0.1, 0.15) is 69.9 Å². The Labute approximate surface area is 211 Å². The van der Waals surface area contributed by atoms with Crippen molar-refractivity contribution < 1.29 is 0 Å². The van der Waals surface area contributed by atoms with Crippen LogP contribution in [0.5, 0.6) is 0 Å². The van der Waals surface area contributed by atoms with Crippen molar-refractivity contribution in [3.05, 3.63) is 41.6 Å². The van der Waals surface area contributed by atoms with Crippen molar-refractivity contribution in [3.63, 3.8) is 0 Å². The van der Waals surface area contributed by atoms with Gasteiger partial charge < -0.3 is 15.5 Å². The molecular weight excluding hydrogens is 523 g/mol. The van der Waals surface area contributed by atoms with E-state index in [9.17, 15) is 0 Å². The number of benzene rings is 1. The highest BCUT2D eigenvalue weighted by Crippen LogP contribution is 2.36. The van der Waals surface area contributed by atoms with Gasteiger partial charge in [0.25, 0.3) is 0 Å². The van der Waals surface area contributed by atoms with Crippen LogP contribution in [0.4, 0.5) is 23.5 Å². The Kier molecular flexibility index (Phi) is 7.59. The predicted octanol–water partition coefficient (Wildman–Crippen LogP) is 6.86. The first kappa shape index (κ1) is 24.0. The van der Waals surface area contributed by atoms with Gasteiger partial charge in [0.2, 0.25) is 17.8 Å². The molecule has 6 nitrogen and oxygen atoms in total. The fourth-order valence-corrected chi connectivity index (χ4v) is 5.33. The van der Waals surface area contributed by atoms with Crippen LogP contribution in [0.3, 0.4) is 0 Å². The van der Waals surface area contributed by atoms with E-state index in [0.717, 1.165) is 39.4 Å². The van der Waals surface area contributed by atoms with Crippen LogP contribution in [0.25, 0.3) is 3.58 Å². The van der Waals surface area contributed by atoms with Gasteiger partial charge in [0.15, 0.2) is 0 Å². The van der Waals surface area contributed by atoms with E-state index in [1.165, 1.54) is 44.9 Å². The molecule has 1 atom stereocenters. The van der Waals surface area contributed by atoms with Crippen molar-refractivity contribution in [2.75, 3.05) is 28.6 Å². The summed E-state index contributed by atoms with van der Waals surface area (Å²) < 4.78 is 0.989. The number of rotatable bonds is 8. The third-order valence-corrected chi connectivity index (χ3v) is 7.90. The second kappa shape index (κ2) is 10.4. The highest BCUT2D eigenvalue weighted by atomic mass is 127. The fraction of sp³-hybridized carbons (Fsp3) is 0.538. The molecule has 1 aliphatic heterocycles. The molecule has 2 aliphatic rings. The van der Waals surface area contributed by atoms with Gasteiger partial charge in [-0.1, -0.05) is 51.8 Å². The van der Waals surface area contributed by atoms with E-state index in [1.54, 1.807) is 0 Å². The number of nitrogens with zero attached hydrogens (tertiary/aromatic N) is 4. The van der Waals surface area contributed by atoms with Crippen LogP contribution in [0.2, 0.25) is 0 Å². The summed E-state index contributed by atoms with van der Waals surface area (Å²) in [7, 11) is 0. The largest absolute Gasteiger partial charge is 0.351 e. The summed E-state index contributed by atoms with van der Waals surface area (Å²) in [5.41, 5.74) is 6.49. The van der Waals surface area contributed by atoms with Crippen LogP contribution in [-0.4, -0.2) is 34.1 Å². The number of hydrogen-bond acceptors (Lipinski definition) is 6. The Balaban J connectivity index is 1.64. The summed E-state index contributed by atoms with van der Waals surface area (Å²) >= 11 is 2.26. The molecule has 0 radical (unpaired) electrons. The second-order valence-corrected chi connectivity index (χ2v) is 10.9. The van der Waals surface area contributed by atoms with Crippen LogP contribution in [-0.2, 0) is 0 Å². The fourth-order valence-electron chi connectivity index (χ4n) is 5.00. The lowest BCUT2D eigenvalue weighted by atomic mass is 9.85. The summed E-state index contributed by atoms with van der Waals surface area (Å²) in [6.07, 6.45) is 8.50. The van der Waals surface area contributed by atoms with Gasteiger partial charge in [-0.15, -0.1) is 5.73 Å². The van der Waals surface area contributed by atoms with Gasteiger partial charge in [0, 0.05) is 24.8 Å². The number of anilines is 4. The summed E-state index contributed by atoms with van der Waals surface area (Å²) in [5.74, 6) is 2.03. The maximum atomic E-state index is 4.86. The van der Waals surface area contributed by atoms with E-state index in [-0.39, 0.29) is 0 Å². The van der Waals surface area contributed by atoms with Gasteiger partial charge in [-0.2, -0.15) is 15.0 Å². The van der Waals surface area contributed by atoms with Crippen molar-refractivity contribution in [1.82, 2.24) is 15.0 Å². The Morgan fingerprint density at radius 2 is 2.00 bits per heavy atom. The first-order valence-corrected chi connectivity index (χ1v) is 13.2. The van der Waals surface area contributed by atoms with E-state index >= 15 is 0 Å². The first-order valence-electron chi connectivity index (χ1n) is 12.1. The SMILES string of the molecule is C=C=C(I)c1ccc(C)c(Nc2nc(NC3CCCC3)nc(N3CCC(C)(CCC)C3)n2)c1. The van der Waals surface area contributed by atoms with Gasteiger partial charge in [0.05, 0.1) is 3.58 Å². The van der Waals surface area contributed by atoms with E-state index in [1.807, 2.05) is 0 Å². The van der Waals surface area contributed by atoms with E-state index in [4.69, 9.17) is 15.0 Å². The van der Waals surface area contributed by atoms with Crippen LogP contribution >= 0.6 is 22.6 Å². The Morgan fingerprint density at radius 3 is 2.73 bits per heavy atom. The molecular formula is C26H35IN6. The lowest BCUT2D eigenvalue weighted by Crippen LogP contribution is -2.27. The van der Waals surface area contributed by atoms with Crippen molar-refractivity contribution in [3.8, 4) is 0 Å². The normalized spacial score (nSPS) is 20.7. The monoisotopic (exact) mass is 558 g/mol. The highest BCUT2D eigenvalue weighted by molar-refractivity contribution is 14.1. The quantitative estimate of drug-likeness (QED) is 0.273. The summed E-state index contributed by atoms with van der Waals surface area (Å²) in [6, 6.07) is 6.74. The molecule has 0 bridgehead atoms. The Bertz CT molecular complexity index is 1040. The second-order valence-electron chi connectivity index (χ2n) is 9.79. The van der Waals surface area contributed by atoms with E-state index in [2.05, 4.69) is 89.4 Å². The number of halogens is 1. The summed E-state index contributed by atoms with van der Waals surface area (Å²) in [4.78, 5) is 16.8. The zero-order valence-corrected chi connectivity index (χ0v) is 22.2. The number of nitrogens with one attached hydrogen (secondary N) is 2. The van der Waals surface area contributed by atoms with Gasteiger partial charge in [0.1, 0.15) is 0 Å². The molecule has 7 heteroatoms. The lowest BCUT2D eigenvalue weighted by Gasteiger charge is -2.24. The first-order chi connectivity index (χ1) is 15.9. The average molecular weight is 559 g/mol. The van der Waals surface area contributed by atoms with Gasteiger partial charge in [-0.25, -0.2) is 0 Å². The molecule has 0 amide bonds. The zero-order valence-electron chi connectivity index (χ0n) is 20.0. The molecule has 2 aromatic rings. The minimum atomic E-state index is 0.326. The van der Waals surface area contributed by atoms with Crippen LogP contribution in [0.15, 0.2) is 30.5 Å². The standard InChI is InChI=1S/C26H35IN6/c1-5-13-26(4)14-15-33(17-26)25-31-23(28-20-9-7-8-10-20)30-24(32-25)29-22-16-19(21(27)6-2)12-11-18(22)3/h11-12,16,20H,2,5,7-10,13-15,17H2,1,3-4H3,(H2,28,29,30,31,32). The number of aryl methyl sites for hydroxylation is 1. The molecule has 1 aliphatic carbocycles. The summed E-state index contributed by atoms with van der Waals surface area (Å²) in [5, 5.41) is 7.05.